The van der Waals surface area contributed by atoms with Crippen molar-refractivity contribution >= 4 is 5.91 Å². The van der Waals surface area contributed by atoms with Crippen LogP contribution in [0.5, 0.6) is 0 Å². The van der Waals surface area contributed by atoms with Gasteiger partial charge in [0.15, 0.2) is 6.29 Å². The fraction of sp³-hybridized carbons (Fsp3) is 0.886. The molecule has 1 heterocycles. The van der Waals surface area contributed by atoms with Gasteiger partial charge in [0, 0.05) is 6.42 Å². The number of carbonyl (C=O) groups excluding carboxylic acids is 1. The van der Waals surface area contributed by atoms with E-state index in [0.29, 0.717) is 6.42 Å². The van der Waals surface area contributed by atoms with Crippen LogP contribution >= 0.6 is 0 Å². The van der Waals surface area contributed by atoms with Gasteiger partial charge in [0.2, 0.25) is 5.91 Å². The predicted octanol–water partition coefficient (Wildman–Crippen LogP) is 21.9. The number of unbranched alkanes of at least 4 members (excludes halogenated alkanes) is 53. The van der Waals surface area contributed by atoms with Gasteiger partial charge in [-0.05, 0) is 70.6 Å². The molecule has 1 aliphatic rings. The van der Waals surface area contributed by atoms with E-state index in [-0.39, 0.29) is 12.5 Å². The molecule has 0 aromatic rings. The lowest BCUT2D eigenvalue weighted by Gasteiger charge is -2.40. The third kappa shape index (κ3) is 55.8. The van der Waals surface area contributed by atoms with E-state index in [9.17, 15) is 30.3 Å². The molecule has 88 heavy (non-hydrogen) atoms. The number of aliphatic hydroxyl groups excluding tert-OH is 5. The number of amides is 1. The topological polar surface area (TPSA) is 149 Å². The molecule has 1 fully saturated rings. The molecule has 9 heteroatoms. The van der Waals surface area contributed by atoms with E-state index in [1.165, 1.54) is 327 Å². The molecule has 6 N–H and O–H groups in total. The maximum atomic E-state index is 13.2. The van der Waals surface area contributed by atoms with Crippen molar-refractivity contribution in [2.75, 3.05) is 13.2 Å². The van der Waals surface area contributed by atoms with E-state index in [1.807, 2.05) is 6.08 Å². The lowest BCUT2D eigenvalue weighted by atomic mass is 9.99. The Morgan fingerprint density at radius 1 is 0.375 bits per heavy atom. The van der Waals surface area contributed by atoms with Crippen LogP contribution in [0.3, 0.4) is 0 Å². The summed E-state index contributed by atoms with van der Waals surface area (Å²) in [5.41, 5.74) is 0. The highest BCUT2D eigenvalue weighted by molar-refractivity contribution is 5.76. The quantitative estimate of drug-likeness (QED) is 0.0261. The molecule has 0 radical (unpaired) electrons. The molecule has 1 aliphatic heterocycles. The zero-order chi connectivity index (χ0) is 63.5. The second kappa shape index (κ2) is 68.0. The van der Waals surface area contributed by atoms with Crippen molar-refractivity contribution in [1.29, 1.82) is 0 Å². The van der Waals surface area contributed by atoms with Crippen LogP contribution in [0, 0.1) is 0 Å². The Hall–Kier alpha value is -1.85. The Kier molecular flexibility index (Phi) is 65.1. The first-order valence-electron chi connectivity index (χ1n) is 38.9. The number of hydrogen-bond donors (Lipinski definition) is 6. The van der Waals surface area contributed by atoms with E-state index in [1.54, 1.807) is 6.08 Å². The number of ether oxygens (including phenoxy) is 2. The Morgan fingerprint density at radius 2 is 0.648 bits per heavy atom. The number of aliphatic hydroxyl groups is 5. The van der Waals surface area contributed by atoms with Crippen molar-refractivity contribution in [2.24, 2.45) is 0 Å². The van der Waals surface area contributed by atoms with E-state index in [0.717, 1.165) is 44.9 Å². The Bertz CT molecular complexity index is 1530. The highest BCUT2D eigenvalue weighted by atomic mass is 16.7. The van der Waals surface area contributed by atoms with Crippen LogP contribution in [0.1, 0.15) is 393 Å². The van der Waals surface area contributed by atoms with Crippen LogP contribution in [0.25, 0.3) is 0 Å². The molecule has 0 saturated carbocycles. The van der Waals surface area contributed by atoms with Crippen molar-refractivity contribution in [1.82, 2.24) is 5.32 Å². The second-order valence-electron chi connectivity index (χ2n) is 27.1. The van der Waals surface area contributed by atoms with E-state index >= 15 is 0 Å². The van der Waals surface area contributed by atoms with Crippen molar-refractivity contribution in [2.45, 2.75) is 436 Å². The summed E-state index contributed by atoms with van der Waals surface area (Å²) >= 11 is 0. The Morgan fingerprint density at radius 3 is 0.955 bits per heavy atom. The van der Waals surface area contributed by atoms with E-state index in [4.69, 9.17) is 9.47 Å². The lowest BCUT2D eigenvalue weighted by molar-refractivity contribution is -0.302. The first-order valence-corrected chi connectivity index (χ1v) is 38.9. The number of rotatable bonds is 69. The summed E-state index contributed by atoms with van der Waals surface area (Å²) in [6.45, 7) is 3.82. The molecule has 1 amide bonds. The highest BCUT2D eigenvalue weighted by Gasteiger charge is 2.44. The van der Waals surface area contributed by atoms with Crippen LogP contribution in [-0.4, -0.2) is 87.5 Å². The summed E-state index contributed by atoms with van der Waals surface area (Å²) in [4.78, 5) is 13.2. The molecule has 7 atom stereocenters. The molecule has 7 unspecified atom stereocenters. The maximum absolute atomic E-state index is 13.2. The van der Waals surface area contributed by atoms with Gasteiger partial charge in [-0.15, -0.1) is 0 Å². The van der Waals surface area contributed by atoms with Crippen LogP contribution < -0.4 is 5.32 Å². The van der Waals surface area contributed by atoms with Crippen molar-refractivity contribution in [3.05, 3.63) is 48.6 Å². The molecule has 1 saturated heterocycles. The largest absolute Gasteiger partial charge is 0.394 e. The minimum atomic E-state index is -1.58. The first-order chi connectivity index (χ1) is 43.3. The molecule has 1 rings (SSSR count). The first kappa shape index (κ1) is 84.2. The van der Waals surface area contributed by atoms with Crippen LogP contribution in [0.15, 0.2) is 48.6 Å². The van der Waals surface area contributed by atoms with Gasteiger partial charge in [0.25, 0.3) is 0 Å². The van der Waals surface area contributed by atoms with Gasteiger partial charge in [-0.25, -0.2) is 0 Å². The van der Waals surface area contributed by atoms with Crippen LogP contribution in [0.4, 0.5) is 0 Å². The molecular formula is C79H149NO8. The molecule has 9 nitrogen and oxygen atoms in total. The normalized spacial score (nSPS) is 18.1. The zero-order valence-electron chi connectivity index (χ0n) is 58.3. The third-order valence-corrected chi connectivity index (χ3v) is 18.6. The number of nitrogens with one attached hydrogen (secondary N) is 1. The summed E-state index contributed by atoms with van der Waals surface area (Å²) < 4.78 is 11.3. The van der Waals surface area contributed by atoms with E-state index in [2.05, 4.69) is 55.6 Å². The minimum absolute atomic E-state index is 0.183. The van der Waals surface area contributed by atoms with Crippen LogP contribution in [-0.2, 0) is 14.3 Å². The molecular weight excluding hydrogens is 1090 g/mol. The summed E-state index contributed by atoms with van der Waals surface area (Å²) in [6.07, 6.45) is 86.9. The predicted molar refractivity (Wildman–Crippen MR) is 378 cm³/mol. The van der Waals surface area contributed by atoms with Gasteiger partial charge in [-0.3, -0.25) is 4.79 Å². The smallest absolute Gasteiger partial charge is 0.220 e. The maximum Gasteiger partial charge on any atom is 0.220 e. The molecule has 0 bridgehead atoms. The van der Waals surface area contributed by atoms with Crippen molar-refractivity contribution in [3.8, 4) is 0 Å². The molecule has 0 aromatic carbocycles. The fourth-order valence-corrected chi connectivity index (χ4v) is 12.5. The Balaban J connectivity index is 2.11. The van der Waals surface area contributed by atoms with Gasteiger partial charge in [-0.2, -0.15) is 0 Å². The molecule has 0 aromatic heterocycles. The van der Waals surface area contributed by atoms with Crippen molar-refractivity contribution < 1.29 is 39.8 Å². The summed E-state index contributed by atoms with van der Waals surface area (Å²) in [5, 5.41) is 54.8. The zero-order valence-corrected chi connectivity index (χ0v) is 58.3. The van der Waals surface area contributed by atoms with Gasteiger partial charge >= 0.3 is 0 Å². The van der Waals surface area contributed by atoms with Gasteiger partial charge < -0.3 is 40.3 Å². The molecule has 0 aliphatic carbocycles. The van der Waals surface area contributed by atoms with Crippen molar-refractivity contribution in [3.63, 3.8) is 0 Å². The average Bonchev–Trinajstić information content (AvgIpc) is 3.65. The van der Waals surface area contributed by atoms with Gasteiger partial charge in [0.05, 0.1) is 25.4 Å². The van der Waals surface area contributed by atoms with Gasteiger partial charge in [0.1, 0.15) is 24.4 Å². The minimum Gasteiger partial charge on any atom is -0.394 e. The number of allylic oxidation sites excluding steroid dienone is 7. The number of hydrogen-bond acceptors (Lipinski definition) is 8. The highest BCUT2D eigenvalue weighted by Crippen LogP contribution is 2.24. The SMILES string of the molecule is CCCCCCCCCC/C=C\CCCCCCCCCCCCCCCCCCCCCCCC(=O)NC(COC1OC(CO)C(O)C(O)C1O)C(O)/C=C/CC/C=C/CC/C=C/CCCCCCCCCCCCCCCCCCCCCCCC. The second-order valence-corrected chi connectivity index (χ2v) is 27.1. The Labute approximate surface area is 545 Å². The van der Waals surface area contributed by atoms with Crippen LogP contribution in [0.2, 0.25) is 0 Å². The summed E-state index contributed by atoms with van der Waals surface area (Å²) in [6, 6.07) is -0.830. The van der Waals surface area contributed by atoms with Gasteiger partial charge in [-0.1, -0.05) is 364 Å². The molecule has 0 spiro atoms. The monoisotopic (exact) mass is 1240 g/mol. The van der Waals surface area contributed by atoms with E-state index < -0.39 is 49.5 Å². The summed E-state index contributed by atoms with van der Waals surface area (Å²) in [7, 11) is 0. The standard InChI is InChI=1S/C79H149NO8/c1-3-5-7-9-11-13-15-17-19-21-23-25-27-29-31-33-35-37-39-41-43-45-47-49-51-53-55-57-59-61-63-65-67-69-75(83)80-72(71-87-79-78(86)77(85)76(84)74(70-81)88-79)73(82)68-66-64-62-60-58-56-54-52-50-48-46-44-42-40-38-36-34-32-30-28-26-24-22-20-18-16-14-12-10-8-6-4-2/h21,23,50,52,58,60,66,68,72-74,76-79,81-82,84-86H,3-20,22,24-49,51,53-57,59,61-65,67,69-71H2,1-2H3,(H,80,83)/b23-21-,52-50+,60-58+,68-66+. The fourth-order valence-electron chi connectivity index (χ4n) is 12.5. The lowest BCUT2D eigenvalue weighted by Crippen LogP contribution is -2.60. The number of carbonyl (C=O) groups is 1. The summed E-state index contributed by atoms with van der Waals surface area (Å²) in [5.74, 6) is -0.183. The molecule has 518 valence electrons. The third-order valence-electron chi connectivity index (χ3n) is 18.6. The average molecular weight is 1240 g/mol.